The molecule has 0 saturated carbocycles. The van der Waals surface area contributed by atoms with E-state index in [1.807, 2.05) is 48.5 Å². The molecule has 0 saturated heterocycles. The van der Waals surface area contributed by atoms with Crippen LogP contribution in [0.25, 0.3) is 143 Å². The summed E-state index contributed by atoms with van der Waals surface area (Å²) in [6.07, 6.45) is 0. The standard InChI is InChI=1S/C56H30O4/c1-2-12-31(13-3-1)50-34-18-8-16-32(36-20-10-22-40-53-48(59-55(36)40)28-26-46-51(53)38-14-4-6-24-44(38)57-46)42(34)30-43-33(17-9-19-35(43)50)37-21-11-23-41-54-49(60-56(37)41)29-27-47-52(54)39-15-5-7-25-45(39)58-47/h1-30H. The van der Waals surface area contributed by atoms with Crippen molar-refractivity contribution in [2.45, 2.75) is 0 Å². The molecule has 278 valence electrons. The largest absolute Gasteiger partial charge is 0.456 e. The van der Waals surface area contributed by atoms with E-state index in [9.17, 15) is 0 Å². The zero-order valence-electron chi connectivity index (χ0n) is 32.0. The molecular formula is C56H30O4. The van der Waals surface area contributed by atoms with Gasteiger partial charge in [0.25, 0.3) is 0 Å². The number of rotatable bonds is 3. The lowest BCUT2D eigenvalue weighted by Crippen LogP contribution is -1.91. The summed E-state index contributed by atoms with van der Waals surface area (Å²) >= 11 is 0. The van der Waals surface area contributed by atoms with Gasteiger partial charge in [-0.15, -0.1) is 0 Å². The summed E-state index contributed by atoms with van der Waals surface area (Å²) in [6, 6.07) is 64.2. The van der Waals surface area contributed by atoms with Gasteiger partial charge in [0.1, 0.15) is 44.7 Å². The van der Waals surface area contributed by atoms with Gasteiger partial charge in [-0.3, -0.25) is 0 Å². The molecule has 4 nitrogen and oxygen atoms in total. The first kappa shape index (κ1) is 31.9. The Morgan fingerprint density at radius 3 is 1.12 bits per heavy atom. The molecule has 0 fully saturated rings. The third-order valence-electron chi connectivity index (χ3n) is 12.7. The molecule has 60 heavy (non-hydrogen) atoms. The number of benzene rings is 10. The first-order valence-electron chi connectivity index (χ1n) is 20.3. The molecule has 0 radical (unpaired) electrons. The van der Waals surface area contributed by atoms with E-state index in [0.717, 1.165) is 126 Å². The van der Waals surface area contributed by atoms with Crippen molar-refractivity contribution < 1.29 is 17.7 Å². The summed E-state index contributed by atoms with van der Waals surface area (Å²) in [4.78, 5) is 0. The Balaban J connectivity index is 1.08. The van der Waals surface area contributed by atoms with E-state index in [1.165, 1.54) is 16.3 Å². The Labute approximate surface area is 341 Å². The van der Waals surface area contributed by atoms with Gasteiger partial charge in [-0.05, 0) is 86.3 Å². The molecule has 0 N–H and O–H groups in total. The summed E-state index contributed by atoms with van der Waals surface area (Å²) < 4.78 is 26.4. The maximum Gasteiger partial charge on any atom is 0.143 e. The van der Waals surface area contributed by atoms with Crippen molar-refractivity contribution >= 4 is 109 Å². The SMILES string of the molecule is c1ccc(-c2c3cccc(-c4cccc5c4oc4ccc6oc7ccccc7c6c45)c3cc3c(-c4cccc5c4oc4ccc6oc7ccccc7c6c45)cccc23)cc1. The predicted molar refractivity (Wildman–Crippen MR) is 247 cm³/mol. The monoisotopic (exact) mass is 766 g/mol. The molecule has 0 spiro atoms. The van der Waals surface area contributed by atoms with Crippen LogP contribution in [0.5, 0.6) is 0 Å². The van der Waals surface area contributed by atoms with Crippen molar-refractivity contribution in [2.24, 2.45) is 0 Å². The Hall–Kier alpha value is -8.08. The lowest BCUT2D eigenvalue weighted by atomic mass is 9.86. The summed E-state index contributed by atoms with van der Waals surface area (Å²) in [5, 5.41) is 13.3. The Kier molecular flexibility index (Phi) is 6.26. The maximum atomic E-state index is 6.88. The molecule has 0 atom stereocenters. The second kappa shape index (κ2) is 11.8. The van der Waals surface area contributed by atoms with Gasteiger partial charge in [-0.2, -0.15) is 0 Å². The van der Waals surface area contributed by atoms with Crippen LogP contribution >= 0.6 is 0 Å². The van der Waals surface area contributed by atoms with Crippen LogP contribution in [0.1, 0.15) is 0 Å². The summed E-state index contributed by atoms with van der Waals surface area (Å²) in [6.45, 7) is 0. The van der Waals surface area contributed by atoms with Gasteiger partial charge in [-0.1, -0.05) is 140 Å². The average Bonchev–Trinajstić information content (AvgIpc) is 4.07. The van der Waals surface area contributed by atoms with Gasteiger partial charge in [-0.25, -0.2) is 0 Å². The fourth-order valence-corrected chi connectivity index (χ4v) is 10.2. The van der Waals surface area contributed by atoms with Gasteiger partial charge in [0.2, 0.25) is 0 Å². The van der Waals surface area contributed by atoms with Crippen molar-refractivity contribution in [3.8, 4) is 33.4 Å². The molecule has 10 aromatic carbocycles. The molecule has 14 aromatic rings. The van der Waals surface area contributed by atoms with Crippen LogP contribution in [-0.4, -0.2) is 0 Å². The van der Waals surface area contributed by atoms with Crippen LogP contribution in [0.4, 0.5) is 0 Å². The number of furan rings is 4. The molecule has 0 bridgehead atoms. The van der Waals surface area contributed by atoms with Crippen molar-refractivity contribution in [3.63, 3.8) is 0 Å². The molecule has 0 unspecified atom stereocenters. The summed E-state index contributed by atoms with van der Waals surface area (Å²) in [7, 11) is 0. The fraction of sp³-hybridized carbons (Fsp3) is 0. The second-order valence-corrected chi connectivity index (χ2v) is 15.8. The molecule has 4 heteroatoms. The normalized spacial score (nSPS) is 12.3. The molecular weight excluding hydrogens is 737 g/mol. The van der Waals surface area contributed by atoms with Gasteiger partial charge >= 0.3 is 0 Å². The first-order valence-corrected chi connectivity index (χ1v) is 20.3. The van der Waals surface area contributed by atoms with Gasteiger partial charge in [0.15, 0.2) is 0 Å². The lowest BCUT2D eigenvalue weighted by Gasteiger charge is -2.17. The van der Waals surface area contributed by atoms with Crippen LogP contribution in [0.15, 0.2) is 200 Å². The topological polar surface area (TPSA) is 52.6 Å². The Bertz CT molecular complexity index is 3870. The highest BCUT2D eigenvalue weighted by Crippen LogP contribution is 2.48. The highest BCUT2D eigenvalue weighted by molar-refractivity contribution is 6.29. The van der Waals surface area contributed by atoms with E-state index in [2.05, 4.69) is 133 Å². The van der Waals surface area contributed by atoms with Crippen LogP contribution in [0.3, 0.4) is 0 Å². The van der Waals surface area contributed by atoms with Crippen molar-refractivity contribution in [1.29, 1.82) is 0 Å². The molecule has 14 rings (SSSR count). The summed E-state index contributed by atoms with van der Waals surface area (Å²) in [5.74, 6) is 0. The minimum absolute atomic E-state index is 0.842. The minimum Gasteiger partial charge on any atom is -0.456 e. The molecule has 0 amide bonds. The van der Waals surface area contributed by atoms with Crippen LogP contribution < -0.4 is 0 Å². The molecule has 4 aromatic heterocycles. The summed E-state index contributed by atoms with van der Waals surface area (Å²) in [5.41, 5.74) is 13.5. The predicted octanol–water partition coefficient (Wildman–Crippen LogP) is 16.6. The van der Waals surface area contributed by atoms with Crippen molar-refractivity contribution in [2.75, 3.05) is 0 Å². The Morgan fingerprint density at radius 2 is 0.617 bits per heavy atom. The van der Waals surface area contributed by atoms with Gasteiger partial charge in [0, 0.05) is 54.2 Å². The quantitative estimate of drug-likeness (QED) is 0.168. The molecule has 4 heterocycles. The van der Waals surface area contributed by atoms with Crippen LogP contribution in [0, 0.1) is 0 Å². The van der Waals surface area contributed by atoms with E-state index in [4.69, 9.17) is 17.7 Å². The Morgan fingerprint density at radius 1 is 0.233 bits per heavy atom. The zero-order valence-corrected chi connectivity index (χ0v) is 32.0. The third kappa shape index (κ3) is 4.24. The van der Waals surface area contributed by atoms with E-state index in [0.29, 0.717) is 0 Å². The number of hydrogen-bond donors (Lipinski definition) is 0. The van der Waals surface area contributed by atoms with E-state index < -0.39 is 0 Å². The maximum absolute atomic E-state index is 6.88. The average molecular weight is 767 g/mol. The highest BCUT2D eigenvalue weighted by atomic mass is 16.3. The molecule has 0 aliphatic carbocycles. The third-order valence-corrected chi connectivity index (χ3v) is 12.7. The van der Waals surface area contributed by atoms with Crippen LogP contribution in [-0.2, 0) is 0 Å². The van der Waals surface area contributed by atoms with Crippen molar-refractivity contribution in [1.82, 2.24) is 0 Å². The van der Waals surface area contributed by atoms with Crippen molar-refractivity contribution in [3.05, 3.63) is 182 Å². The van der Waals surface area contributed by atoms with E-state index in [1.54, 1.807) is 0 Å². The number of fused-ring (bicyclic) bond motifs is 16. The minimum atomic E-state index is 0.842. The van der Waals surface area contributed by atoms with E-state index in [-0.39, 0.29) is 0 Å². The van der Waals surface area contributed by atoms with E-state index >= 15 is 0 Å². The highest BCUT2D eigenvalue weighted by Gasteiger charge is 2.23. The first-order chi connectivity index (χ1) is 29.8. The van der Waals surface area contributed by atoms with Gasteiger partial charge in [0.05, 0.1) is 0 Å². The molecule has 0 aliphatic heterocycles. The van der Waals surface area contributed by atoms with Crippen LogP contribution in [0.2, 0.25) is 0 Å². The zero-order chi connectivity index (χ0) is 39.1. The second-order valence-electron chi connectivity index (χ2n) is 15.8. The lowest BCUT2D eigenvalue weighted by molar-refractivity contribution is 0.663. The number of para-hydroxylation sites is 4. The fourth-order valence-electron chi connectivity index (χ4n) is 10.2. The molecule has 0 aliphatic rings. The smallest absolute Gasteiger partial charge is 0.143 e. The van der Waals surface area contributed by atoms with Gasteiger partial charge < -0.3 is 17.7 Å². The number of hydrogen-bond acceptors (Lipinski definition) is 4.